The van der Waals surface area contributed by atoms with E-state index in [-0.39, 0.29) is 5.41 Å². The number of ether oxygens (including phenoxy) is 1. The summed E-state index contributed by atoms with van der Waals surface area (Å²) in [4.78, 5) is 4.82. The van der Waals surface area contributed by atoms with Gasteiger partial charge in [-0.05, 0) is 25.7 Å². The van der Waals surface area contributed by atoms with E-state index < -0.39 is 0 Å². The second kappa shape index (κ2) is 4.09. The maximum atomic E-state index is 5.98. The summed E-state index contributed by atoms with van der Waals surface area (Å²) in [6.45, 7) is 2.36. The molecule has 88 valence electrons. The molecule has 2 heterocycles. The molecule has 0 radical (unpaired) electrons. The van der Waals surface area contributed by atoms with Gasteiger partial charge in [0.25, 0.3) is 0 Å². The third-order valence-corrected chi connectivity index (χ3v) is 4.92. The van der Waals surface area contributed by atoms with E-state index in [2.05, 4.69) is 5.38 Å². The van der Waals surface area contributed by atoms with E-state index in [1.807, 2.05) is 0 Å². The Kier molecular flexibility index (Phi) is 2.73. The molecule has 3 nitrogen and oxygen atoms in total. The summed E-state index contributed by atoms with van der Waals surface area (Å²) in [7, 11) is 0. The Balaban J connectivity index is 1.86. The summed E-state index contributed by atoms with van der Waals surface area (Å²) in [6.07, 6.45) is 4.70. The van der Waals surface area contributed by atoms with Crippen molar-refractivity contribution in [3.63, 3.8) is 0 Å². The van der Waals surface area contributed by atoms with Gasteiger partial charge in [-0.15, -0.1) is 11.3 Å². The number of thiazole rings is 1. The molecular formula is C12H18N2OS. The van der Waals surface area contributed by atoms with Crippen molar-refractivity contribution in [3.8, 4) is 0 Å². The fourth-order valence-corrected chi connectivity index (χ4v) is 3.54. The van der Waals surface area contributed by atoms with Gasteiger partial charge in [0, 0.05) is 36.5 Å². The lowest BCUT2D eigenvalue weighted by Gasteiger charge is -2.34. The van der Waals surface area contributed by atoms with Crippen molar-refractivity contribution in [1.29, 1.82) is 0 Å². The molecule has 2 N–H and O–H groups in total. The van der Waals surface area contributed by atoms with Gasteiger partial charge in [0.2, 0.25) is 0 Å². The van der Waals surface area contributed by atoms with Crippen molar-refractivity contribution in [2.75, 3.05) is 19.8 Å². The summed E-state index contributed by atoms with van der Waals surface area (Å²) in [6, 6.07) is 0. The zero-order chi connectivity index (χ0) is 11.0. The molecule has 1 aromatic rings. The quantitative estimate of drug-likeness (QED) is 0.876. The SMILES string of the molecule is NCC1(c2nc(C3CC3)cs2)CCOCC1. The molecule has 1 aromatic heterocycles. The van der Waals surface area contributed by atoms with Crippen LogP contribution in [0.4, 0.5) is 0 Å². The van der Waals surface area contributed by atoms with Crippen LogP contribution in [0, 0.1) is 0 Å². The van der Waals surface area contributed by atoms with E-state index in [0.29, 0.717) is 6.54 Å². The van der Waals surface area contributed by atoms with Crippen LogP contribution in [0.3, 0.4) is 0 Å². The smallest absolute Gasteiger partial charge is 0.100 e. The zero-order valence-electron chi connectivity index (χ0n) is 9.45. The van der Waals surface area contributed by atoms with E-state index in [1.165, 1.54) is 23.5 Å². The van der Waals surface area contributed by atoms with E-state index in [0.717, 1.165) is 32.0 Å². The first-order chi connectivity index (χ1) is 7.84. The Morgan fingerprint density at radius 3 is 2.81 bits per heavy atom. The highest BCUT2D eigenvalue weighted by Crippen LogP contribution is 2.43. The Morgan fingerprint density at radius 2 is 2.19 bits per heavy atom. The van der Waals surface area contributed by atoms with Crippen LogP contribution in [0.25, 0.3) is 0 Å². The summed E-state index contributed by atoms with van der Waals surface area (Å²) >= 11 is 1.80. The van der Waals surface area contributed by atoms with Crippen LogP contribution in [0.5, 0.6) is 0 Å². The van der Waals surface area contributed by atoms with Gasteiger partial charge >= 0.3 is 0 Å². The molecule has 0 atom stereocenters. The lowest BCUT2D eigenvalue weighted by molar-refractivity contribution is 0.0528. The van der Waals surface area contributed by atoms with Crippen LogP contribution in [-0.4, -0.2) is 24.7 Å². The maximum absolute atomic E-state index is 5.98. The molecule has 0 unspecified atom stereocenters. The average Bonchev–Trinajstić information content (AvgIpc) is 3.08. The predicted octanol–water partition coefficient (Wildman–Crippen LogP) is 2.03. The third-order valence-electron chi connectivity index (χ3n) is 3.81. The minimum absolute atomic E-state index is 0.107. The monoisotopic (exact) mass is 238 g/mol. The Hall–Kier alpha value is -0.450. The van der Waals surface area contributed by atoms with Gasteiger partial charge in [-0.3, -0.25) is 0 Å². The van der Waals surface area contributed by atoms with Gasteiger partial charge < -0.3 is 10.5 Å². The first-order valence-corrected chi connectivity index (χ1v) is 6.96. The predicted molar refractivity (Wildman–Crippen MR) is 64.9 cm³/mol. The van der Waals surface area contributed by atoms with Crippen molar-refractivity contribution in [3.05, 3.63) is 16.1 Å². The highest BCUT2D eigenvalue weighted by atomic mass is 32.1. The molecule has 3 rings (SSSR count). The summed E-state index contributed by atoms with van der Waals surface area (Å²) in [5, 5.41) is 3.49. The number of aromatic nitrogens is 1. The number of hydrogen-bond acceptors (Lipinski definition) is 4. The lowest BCUT2D eigenvalue weighted by atomic mass is 9.81. The second-order valence-electron chi connectivity index (χ2n) is 4.95. The Bertz CT molecular complexity index is 367. The molecule has 1 saturated carbocycles. The van der Waals surface area contributed by atoms with Crippen LogP contribution in [0.2, 0.25) is 0 Å². The molecule has 1 aliphatic heterocycles. The van der Waals surface area contributed by atoms with Crippen LogP contribution in [-0.2, 0) is 10.2 Å². The fourth-order valence-electron chi connectivity index (χ4n) is 2.36. The van der Waals surface area contributed by atoms with Crippen LogP contribution < -0.4 is 5.73 Å². The average molecular weight is 238 g/mol. The molecule has 2 aliphatic rings. The number of nitrogens with zero attached hydrogens (tertiary/aromatic N) is 1. The third kappa shape index (κ3) is 1.79. The van der Waals surface area contributed by atoms with Crippen LogP contribution >= 0.6 is 11.3 Å². The van der Waals surface area contributed by atoms with Crippen molar-refractivity contribution < 1.29 is 4.74 Å². The fraction of sp³-hybridized carbons (Fsp3) is 0.750. The Morgan fingerprint density at radius 1 is 1.44 bits per heavy atom. The molecule has 1 aliphatic carbocycles. The largest absolute Gasteiger partial charge is 0.381 e. The normalized spacial score (nSPS) is 24.6. The lowest BCUT2D eigenvalue weighted by Crippen LogP contribution is -2.40. The number of rotatable bonds is 3. The molecule has 0 aromatic carbocycles. The minimum Gasteiger partial charge on any atom is -0.381 e. The van der Waals surface area contributed by atoms with E-state index in [1.54, 1.807) is 11.3 Å². The van der Waals surface area contributed by atoms with E-state index >= 15 is 0 Å². The van der Waals surface area contributed by atoms with E-state index in [9.17, 15) is 0 Å². The number of hydrogen-bond donors (Lipinski definition) is 1. The zero-order valence-corrected chi connectivity index (χ0v) is 10.3. The molecule has 2 fully saturated rings. The van der Waals surface area contributed by atoms with Crippen molar-refractivity contribution in [1.82, 2.24) is 4.98 Å². The minimum atomic E-state index is 0.107. The number of nitrogens with two attached hydrogens (primary N) is 1. The van der Waals surface area contributed by atoms with Gasteiger partial charge in [0.15, 0.2) is 0 Å². The topological polar surface area (TPSA) is 48.1 Å². The molecule has 0 spiro atoms. The molecular weight excluding hydrogens is 220 g/mol. The Labute approximate surface area is 100 Å². The van der Waals surface area contributed by atoms with Crippen molar-refractivity contribution >= 4 is 11.3 Å². The van der Waals surface area contributed by atoms with Crippen LogP contribution in [0.15, 0.2) is 5.38 Å². The summed E-state index contributed by atoms with van der Waals surface area (Å²) < 4.78 is 5.44. The second-order valence-corrected chi connectivity index (χ2v) is 5.81. The molecule has 0 amide bonds. The van der Waals surface area contributed by atoms with Gasteiger partial charge in [-0.2, -0.15) is 0 Å². The molecule has 1 saturated heterocycles. The van der Waals surface area contributed by atoms with Gasteiger partial charge in [-0.25, -0.2) is 4.98 Å². The first-order valence-electron chi connectivity index (χ1n) is 6.08. The van der Waals surface area contributed by atoms with Gasteiger partial charge in [-0.1, -0.05) is 0 Å². The van der Waals surface area contributed by atoms with Crippen LogP contribution in [0.1, 0.15) is 42.3 Å². The summed E-state index contributed by atoms with van der Waals surface area (Å²) in [5.74, 6) is 0.750. The first kappa shape index (κ1) is 10.7. The highest BCUT2D eigenvalue weighted by Gasteiger charge is 2.37. The highest BCUT2D eigenvalue weighted by molar-refractivity contribution is 7.09. The van der Waals surface area contributed by atoms with Gasteiger partial charge in [0.05, 0.1) is 5.69 Å². The standard InChI is InChI=1S/C12H18N2OS/c13-8-12(3-5-15-6-4-12)11-14-10(7-16-11)9-1-2-9/h7,9H,1-6,8,13H2. The summed E-state index contributed by atoms with van der Waals surface area (Å²) in [5.41, 5.74) is 7.39. The van der Waals surface area contributed by atoms with E-state index in [4.69, 9.17) is 15.5 Å². The molecule has 0 bridgehead atoms. The molecule has 16 heavy (non-hydrogen) atoms. The van der Waals surface area contributed by atoms with Crippen molar-refractivity contribution in [2.45, 2.75) is 37.0 Å². The maximum Gasteiger partial charge on any atom is 0.100 e. The van der Waals surface area contributed by atoms with Gasteiger partial charge in [0.1, 0.15) is 5.01 Å². The van der Waals surface area contributed by atoms with Crippen molar-refractivity contribution in [2.24, 2.45) is 5.73 Å². The molecule has 4 heteroatoms.